The molecule has 49 heavy (non-hydrogen) atoms. The lowest BCUT2D eigenvalue weighted by Gasteiger charge is -2.11. The zero-order chi connectivity index (χ0) is 32.3. The minimum Gasteiger partial charge on any atom is -0.309 e. The van der Waals surface area contributed by atoms with Crippen LogP contribution in [0.1, 0.15) is 0 Å². The molecule has 0 unspecified atom stereocenters. The second-order valence-electron chi connectivity index (χ2n) is 12.4. The van der Waals surface area contributed by atoms with Gasteiger partial charge in [0.05, 0.1) is 11.0 Å². The van der Waals surface area contributed by atoms with E-state index in [-0.39, 0.29) is 0 Å². The summed E-state index contributed by atoms with van der Waals surface area (Å²) < 4.78 is 2.38. The highest BCUT2D eigenvalue weighted by Crippen LogP contribution is 2.41. The van der Waals surface area contributed by atoms with E-state index < -0.39 is 0 Å². The number of benzene rings is 7. The number of nitrogens with zero attached hydrogens (tertiary/aromatic N) is 5. The molecule has 0 fully saturated rings. The van der Waals surface area contributed by atoms with Gasteiger partial charge in [-0.15, -0.1) is 0 Å². The normalized spacial score (nSPS) is 11.7. The lowest BCUT2D eigenvalue weighted by molar-refractivity contribution is 1.15. The first-order valence-electron chi connectivity index (χ1n) is 16.4. The first-order chi connectivity index (χ1) is 24.3. The van der Waals surface area contributed by atoms with Crippen LogP contribution < -0.4 is 0 Å². The molecule has 0 atom stereocenters. The summed E-state index contributed by atoms with van der Waals surface area (Å²) in [6, 6.07) is 53.9. The lowest BCUT2D eigenvalue weighted by atomic mass is 9.96. The number of hydrogen-bond donors (Lipinski definition) is 0. The fraction of sp³-hybridized carbons (Fsp3) is 0. The van der Waals surface area contributed by atoms with E-state index in [1.807, 2.05) is 30.3 Å². The van der Waals surface area contributed by atoms with Crippen molar-refractivity contribution in [3.8, 4) is 39.5 Å². The van der Waals surface area contributed by atoms with E-state index in [1.165, 1.54) is 49.0 Å². The van der Waals surface area contributed by atoms with E-state index >= 15 is 0 Å². The molecule has 0 amide bonds. The topological polar surface area (TPSA) is 56.5 Å². The molecule has 228 valence electrons. The standard InChI is InChI=1S/C44H27N5/c1-2-10-29(11-3-1)41-42-44(46-24-23-45-42)48-43(47-41)30-19-21-35(22-20-30)49-38-16-8-15-36(34-18-17-28-9-4-5-12-31(28)25-34)40(38)37-26-32-13-6-7-14-33(32)27-39(37)49/h1-27H. The fourth-order valence-corrected chi connectivity index (χ4v) is 7.18. The van der Waals surface area contributed by atoms with Gasteiger partial charge in [-0.25, -0.2) is 19.9 Å². The molecule has 0 radical (unpaired) electrons. The predicted octanol–water partition coefficient (Wildman–Crippen LogP) is 10.8. The van der Waals surface area contributed by atoms with E-state index in [9.17, 15) is 0 Å². The molecule has 0 aliphatic carbocycles. The Morgan fingerprint density at radius 1 is 0.449 bits per heavy atom. The second kappa shape index (κ2) is 10.9. The monoisotopic (exact) mass is 625 g/mol. The summed E-state index contributed by atoms with van der Waals surface area (Å²) in [4.78, 5) is 19.0. The molecule has 5 heteroatoms. The maximum atomic E-state index is 5.01. The van der Waals surface area contributed by atoms with Gasteiger partial charge in [-0.05, 0) is 81.2 Å². The molecule has 0 aliphatic rings. The van der Waals surface area contributed by atoms with Crippen molar-refractivity contribution >= 4 is 54.5 Å². The quantitative estimate of drug-likeness (QED) is 0.195. The highest BCUT2D eigenvalue weighted by molar-refractivity contribution is 6.19. The Morgan fingerprint density at radius 2 is 1.14 bits per heavy atom. The number of hydrogen-bond acceptors (Lipinski definition) is 4. The molecule has 5 nitrogen and oxygen atoms in total. The summed E-state index contributed by atoms with van der Waals surface area (Å²) in [5, 5.41) is 7.38. The van der Waals surface area contributed by atoms with Crippen LogP contribution in [-0.4, -0.2) is 24.5 Å². The molecule has 7 aromatic carbocycles. The number of rotatable bonds is 4. The van der Waals surface area contributed by atoms with E-state index in [2.05, 4.69) is 136 Å². The Kier molecular flexibility index (Phi) is 6.11. The highest BCUT2D eigenvalue weighted by Gasteiger charge is 2.18. The first kappa shape index (κ1) is 27.4. The van der Waals surface area contributed by atoms with Gasteiger partial charge in [0.25, 0.3) is 0 Å². The van der Waals surface area contributed by atoms with Crippen molar-refractivity contribution in [2.75, 3.05) is 0 Å². The van der Waals surface area contributed by atoms with Gasteiger partial charge < -0.3 is 4.57 Å². The molecule has 3 heterocycles. The van der Waals surface area contributed by atoms with Crippen LogP contribution in [-0.2, 0) is 0 Å². The minimum absolute atomic E-state index is 0.575. The molecule has 0 bridgehead atoms. The second-order valence-corrected chi connectivity index (χ2v) is 12.4. The SMILES string of the molecule is c1ccc(-c2nc(-c3ccc(-n4c5cc6ccccc6cc5c5c(-c6ccc7ccccc7c6)cccc54)cc3)nc3nccnc23)cc1. The summed E-state index contributed by atoms with van der Waals surface area (Å²) in [6.45, 7) is 0. The Hall–Kier alpha value is -6.72. The third-order valence-corrected chi connectivity index (χ3v) is 9.48. The average Bonchev–Trinajstić information content (AvgIpc) is 3.50. The van der Waals surface area contributed by atoms with Crippen molar-refractivity contribution in [3.63, 3.8) is 0 Å². The van der Waals surface area contributed by atoms with Crippen molar-refractivity contribution < 1.29 is 0 Å². The molecule has 3 aromatic heterocycles. The molecule has 10 aromatic rings. The Bertz CT molecular complexity index is 2870. The van der Waals surface area contributed by atoms with Gasteiger partial charge in [0, 0.05) is 40.0 Å². The lowest BCUT2D eigenvalue weighted by Crippen LogP contribution is -1.99. The maximum absolute atomic E-state index is 5.01. The van der Waals surface area contributed by atoms with Gasteiger partial charge in [0.2, 0.25) is 0 Å². The van der Waals surface area contributed by atoms with Gasteiger partial charge in [0.15, 0.2) is 11.5 Å². The molecular weight excluding hydrogens is 599 g/mol. The predicted molar refractivity (Wildman–Crippen MR) is 201 cm³/mol. The minimum atomic E-state index is 0.575. The molecule has 10 rings (SSSR count). The number of fused-ring (bicyclic) bond motifs is 6. The Balaban J connectivity index is 1.17. The summed E-state index contributed by atoms with van der Waals surface area (Å²) in [7, 11) is 0. The summed E-state index contributed by atoms with van der Waals surface area (Å²) in [6.07, 6.45) is 3.36. The van der Waals surface area contributed by atoms with Gasteiger partial charge in [0.1, 0.15) is 11.2 Å². The average molecular weight is 626 g/mol. The molecule has 0 saturated heterocycles. The molecule has 0 N–H and O–H groups in total. The van der Waals surface area contributed by atoms with E-state index in [0.717, 1.165) is 28.0 Å². The third-order valence-electron chi connectivity index (χ3n) is 9.48. The van der Waals surface area contributed by atoms with Crippen LogP contribution in [0.3, 0.4) is 0 Å². The van der Waals surface area contributed by atoms with E-state index in [0.29, 0.717) is 17.0 Å². The zero-order valence-electron chi connectivity index (χ0n) is 26.3. The largest absolute Gasteiger partial charge is 0.309 e. The first-order valence-corrected chi connectivity index (χ1v) is 16.4. The van der Waals surface area contributed by atoms with Gasteiger partial charge in [-0.1, -0.05) is 103 Å². The zero-order valence-corrected chi connectivity index (χ0v) is 26.3. The van der Waals surface area contributed by atoms with Crippen molar-refractivity contribution in [3.05, 3.63) is 164 Å². The van der Waals surface area contributed by atoms with Gasteiger partial charge >= 0.3 is 0 Å². The molecule has 0 saturated carbocycles. The van der Waals surface area contributed by atoms with Crippen molar-refractivity contribution in [2.24, 2.45) is 0 Å². The molecular formula is C44H27N5. The summed E-state index contributed by atoms with van der Waals surface area (Å²) in [5.41, 5.74) is 9.75. The third kappa shape index (κ3) is 4.48. The summed E-state index contributed by atoms with van der Waals surface area (Å²) in [5.74, 6) is 0.616. The van der Waals surface area contributed by atoms with Crippen LogP contribution in [0.5, 0.6) is 0 Å². The van der Waals surface area contributed by atoms with Crippen LogP contribution in [0.2, 0.25) is 0 Å². The Morgan fingerprint density at radius 3 is 1.96 bits per heavy atom. The van der Waals surface area contributed by atoms with Crippen LogP contribution in [0.15, 0.2) is 164 Å². The van der Waals surface area contributed by atoms with Crippen molar-refractivity contribution in [1.29, 1.82) is 0 Å². The smallest absolute Gasteiger partial charge is 0.182 e. The van der Waals surface area contributed by atoms with Gasteiger partial charge in [-0.3, -0.25) is 0 Å². The van der Waals surface area contributed by atoms with Crippen molar-refractivity contribution in [1.82, 2.24) is 24.5 Å². The highest BCUT2D eigenvalue weighted by atomic mass is 15.0. The van der Waals surface area contributed by atoms with Crippen LogP contribution in [0, 0.1) is 0 Å². The Labute approximate surface area is 281 Å². The van der Waals surface area contributed by atoms with E-state index in [1.54, 1.807) is 12.4 Å². The van der Waals surface area contributed by atoms with E-state index in [4.69, 9.17) is 9.97 Å². The van der Waals surface area contributed by atoms with Gasteiger partial charge in [-0.2, -0.15) is 0 Å². The fourth-order valence-electron chi connectivity index (χ4n) is 7.18. The maximum Gasteiger partial charge on any atom is 0.182 e. The number of aromatic nitrogens is 5. The van der Waals surface area contributed by atoms with Crippen LogP contribution in [0.4, 0.5) is 0 Å². The summed E-state index contributed by atoms with van der Waals surface area (Å²) >= 11 is 0. The molecule has 0 spiro atoms. The molecule has 0 aliphatic heterocycles. The van der Waals surface area contributed by atoms with Crippen molar-refractivity contribution in [2.45, 2.75) is 0 Å². The van der Waals surface area contributed by atoms with Crippen LogP contribution in [0.25, 0.3) is 94.0 Å². The van der Waals surface area contributed by atoms with Crippen LogP contribution >= 0.6 is 0 Å².